The molecule has 2 N–H and O–H groups in total. The van der Waals surface area contributed by atoms with E-state index < -0.39 is 12.2 Å². The van der Waals surface area contributed by atoms with E-state index in [1.54, 1.807) is 13.0 Å². The number of pyridine rings is 1. The SMILES string of the molecule is CCOC(O)c1cc(Nc2cccnc2F)ncn1. The summed E-state index contributed by atoms with van der Waals surface area (Å²) >= 11 is 0. The number of aromatic nitrogens is 3. The molecular formula is C12H13FN4O2. The fraction of sp³-hybridized carbons (Fsp3) is 0.250. The number of hydrogen-bond donors (Lipinski definition) is 2. The van der Waals surface area contributed by atoms with E-state index in [4.69, 9.17) is 4.74 Å². The first-order valence-corrected chi connectivity index (χ1v) is 5.70. The molecule has 0 radical (unpaired) electrons. The summed E-state index contributed by atoms with van der Waals surface area (Å²) in [6.07, 6.45) is 1.48. The number of aliphatic hydroxyl groups is 1. The quantitative estimate of drug-likeness (QED) is 0.633. The summed E-state index contributed by atoms with van der Waals surface area (Å²) in [5.41, 5.74) is 0.488. The number of anilines is 2. The summed E-state index contributed by atoms with van der Waals surface area (Å²) in [5, 5.41) is 12.4. The van der Waals surface area contributed by atoms with E-state index in [1.165, 1.54) is 24.7 Å². The van der Waals surface area contributed by atoms with E-state index in [0.29, 0.717) is 18.1 Å². The number of ether oxygens (including phenoxy) is 1. The van der Waals surface area contributed by atoms with Gasteiger partial charge in [0.05, 0.1) is 5.69 Å². The summed E-state index contributed by atoms with van der Waals surface area (Å²) < 4.78 is 18.4. The first-order valence-electron chi connectivity index (χ1n) is 5.70. The fourth-order valence-corrected chi connectivity index (χ4v) is 1.44. The minimum absolute atomic E-state index is 0.193. The lowest BCUT2D eigenvalue weighted by Crippen LogP contribution is -2.07. The first-order chi connectivity index (χ1) is 9.20. The van der Waals surface area contributed by atoms with Crippen molar-refractivity contribution in [1.82, 2.24) is 15.0 Å². The van der Waals surface area contributed by atoms with E-state index in [9.17, 15) is 9.50 Å². The highest BCUT2D eigenvalue weighted by atomic mass is 19.1. The maximum Gasteiger partial charge on any atom is 0.236 e. The van der Waals surface area contributed by atoms with E-state index in [1.807, 2.05) is 0 Å². The molecule has 0 fully saturated rings. The summed E-state index contributed by atoms with van der Waals surface area (Å²) in [6.45, 7) is 2.11. The van der Waals surface area contributed by atoms with Crippen molar-refractivity contribution in [2.24, 2.45) is 0 Å². The van der Waals surface area contributed by atoms with Gasteiger partial charge in [0.1, 0.15) is 17.8 Å². The summed E-state index contributed by atoms with van der Waals surface area (Å²) in [4.78, 5) is 11.3. The molecule has 0 aromatic carbocycles. The van der Waals surface area contributed by atoms with Gasteiger partial charge in [0.2, 0.25) is 5.95 Å². The van der Waals surface area contributed by atoms with Crippen molar-refractivity contribution < 1.29 is 14.2 Å². The Morgan fingerprint density at radius 3 is 3.00 bits per heavy atom. The van der Waals surface area contributed by atoms with Gasteiger partial charge < -0.3 is 15.2 Å². The molecule has 0 aliphatic rings. The van der Waals surface area contributed by atoms with Crippen molar-refractivity contribution in [3.8, 4) is 0 Å². The van der Waals surface area contributed by atoms with E-state index in [-0.39, 0.29) is 5.69 Å². The molecular weight excluding hydrogens is 251 g/mol. The van der Waals surface area contributed by atoms with Crippen molar-refractivity contribution in [3.63, 3.8) is 0 Å². The Morgan fingerprint density at radius 1 is 1.42 bits per heavy atom. The third-order valence-corrected chi connectivity index (χ3v) is 2.29. The lowest BCUT2D eigenvalue weighted by atomic mass is 10.3. The van der Waals surface area contributed by atoms with Crippen LogP contribution >= 0.6 is 0 Å². The van der Waals surface area contributed by atoms with Gasteiger partial charge in [0.15, 0.2) is 6.29 Å². The maximum absolute atomic E-state index is 13.4. The predicted octanol–water partition coefficient (Wildman–Crippen LogP) is 1.78. The van der Waals surface area contributed by atoms with Gasteiger partial charge >= 0.3 is 0 Å². The van der Waals surface area contributed by atoms with Crippen molar-refractivity contribution in [2.75, 3.05) is 11.9 Å². The van der Waals surface area contributed by atoms with Crippen LogP contribution in [0.1, 0.15) is 18.9 Å². The molecule has 0 saturated heterocycles. The number of hydrogen-bond acceptors (Lipinski definition) is 6. The zero-order chi connectivity index (χ0) is 13.7. The standard InChI is InChI=1S/C12H13FN4O2/c1-2-19-12(18)9-6-10(16-7-15-9)17-8-4-3-5-14-11(8)13/h3-7,12,18H,2H2,1H3,(H,15,16,17). The lowest BCUT2D eigenvalue weighted by molar-refractivity contribution is -0.101. The number of nitrogens with one attached hydrogen (secondary N) is 1. The van der Waals surface area contributed by atoms with Gasteiger partial charge in [-0.1, -0.05) is 0 Å². The monoisotopic (exact) mass is 264 g/mol. The second-order valence-electron chi connectivity index (χ2n) is 3.60. The van der Waals surface area contributed by atoms with E-state index in [2.05, 4.69) is 20.3 Å². The molecule has 100 valence electrons. The molecule has 6 nitrogen and oxygen atoms in total. The molecule has 0 bridgehead atoms. The molecule has 2 aromatic heterocycles. The van der Waals surface area contributed by atoms with Gasteiger partial charge in [0.25, 0.3) is 0 Å². The molecule has 19 heavy (non-hydrogen) atoms. The minimum atomic E-state index is -1.13. The molecule has 0 aliphatic carbocycles. The smallest absolute Gasteiger partial charge is 0.236 e. The molecule has 2 rings (SSSR count). The molecule has 0 spiro atoms. The van der Waals surface area contributed by atoms with Gasteiger partial charge in [-0.05, 0) is 19.1 Å². The van der Waals surface area contributed by atoms with Crippen LogP contribution in [-0.4, -0.2) is 26.7 Å². The second kappa shape index (κ2) is 6.17. The van der Waals surface area contributed by atoms with Crippen LogP contribution in [0.25, 0.3) is 0 Å². The zero-order valence-corrected chi connectivity index (χ0v) is 10.2. The number of nitrogens with zero attached hydrogens (tertiary/aromatic N) is 3. The third kappa shape index (κ3) is 3.43. The Hall–Kier alpha value is -2.12. The molecule has 0 amide bonds. The summed E-state index contributed by atoms with van der Waals surface area (Å²) in [6, 6.07) is 4.61. The summed E-state index contributed by atoms with van der Waals surface area (Å²) in [7, 11) is 0. The van der Waals surface area contributed by atoms with Gasteiger partial charge in [-0.2, -0.15) is 4.39 Å². The van der Waals surface area contributed by atoms with Gasteiger partial charge in [-0.3, -0.25) is 0 Å². The van der Waals surface area contributed by atoms with E-state index >= 15 is 0 Å². The Labute approximate surface area is 109 Å². The van der Waals surface area contributed by atoms with E-state index in [0.717, 1.165) is 0 Å². The van der Waals surface area contributed by atoms with Crippen molar-refractivity contribution >= 4 is 11.5 Å². The average Bonchev–Trinajstić information content (AvgIpc) is 2.42. The van der Waals surface area contributed by atoms with Crippen LogP contribution in [0.4, 0.5) is 15.9 Å². The van der Waals surface area contributed by atoms with Gasteiger partial charge in [-0.25, -0.2) is 15.0 Å². The predicted molar refractivity (Wildman–Crippen MR) is 66.1 cm³/mol. The largest absolute Gasteiger partial charge is 0.363 e. The fourth-order valence-electron chi connectivity index (χ4n) is 1.44. The Bertz CT molecular complexity index is 553. The van der Waals surface area contributed by atoms with Crippen LogP contribution in [-0.2, 0) is 4.74 Å². The van der Waals surface area contributed by atoms with Crippen LogP contribution < -0.4 is 5.32 Å². The average molecular weight is 264 g/mol. The lowest BCUT2D eigenvalue weighted by Gasteiger charge is -2.11. The molecule has 0 aliphatic heterocycles. The Balaban J connectivity index is 2.18. The van der Waals surface area contributed by atoms with Crippen LogP contribution in [0.5, 0.6) is 0 Å². The normalized spacial score (nSPS) is 12.2. The number of rotatable bonds is 5. The minimum Gasteiger partial charge on any atom is -0.363 e. The van der Waals surface area contributed by atoms with Gasteiger partial charge in [0, 0.05) is 18.9 Å². The molecule has 1 atom stereocenters. The van der Waals surface area contributed by atoms with Crippen LogP contribution in [0.2, 0.25) is 0 Å². The van der Waals surface area contributed by atoms with Crippen molar-refractivity contribution in [3.05, 3.63) is 42.4 Å². The Morgan fingerprint density at radius 2 is 2.26 bits per heavy atom. The van der Waals surface area contributed by atoms with Crippen LogP contribution in [0.3, 0.4) is 0 Å². The highest BCUT2D eigenvalue weighted by Gasteiger charge is 2.10. The summed E-state index contributed by atoms with van der Waals surface area (Å²) in [5.74, 6) is -0.288. The molecule has 0 saturated carbocycles. The Kier molecular flexibility index (Phi) is 4.32. The van der Waals surface area contributed by atoms with Crippen molar-refractivity contribution in [1.29, 1.82) is 0 Å². The van der Waals surface area contributed by atoms with Gasteiger partial charge in [-0.15, -0.1) is 0 Å². The molecule has 2 aromatic rings. The molecule has 7 heteroatoms. The number of aliphatic hydroxyl groups excluding tert-OH is 1. The highest BCUT2D eigenvalue weighted by Crippen LogP contribution is 2.19. The van der Waals surface area contributed by atoms with Crippen LogP contribution in [0.15, 0.2) is 30.7 Å². The van der Waals surface area contributed by atoms with Crippen molar-refractivity contribution in [2.45, 2.75) is 13.2 Å². The third-order valence-electron chi connectivity index (χ3n) is 2.29. The highest BCUT2D eigenvalue weighted by molar-refractivity contribution is 5.55. The topological polar surface area (TPSA) is 80.2 Å². The number of halogens is 1. The zero-order valence-electron chi connectivity index (χ0n) is 10.2. The maximum atomic E-state index is 13.4. The second-order valence-corrected chi connectivity index (χ2v) is 3.60. The molecule has 2 heterocycles. The van der Waals surface area contributed by atoms with Crippen LogP contribution in [0, 0.1) is 5.95 Å². The first kappa shape index (κ1) is 13.3. The molecule has 1 unspecified atom stereocenters.